The molecule has 11 heteroatoms. The molecule has 0 bridgehead atoms. The molecule has 2 aliphatic heterocycles. The zero-order valence-corrected chi connectivity index (χ0v) is 24.4. The van der Waals surface area contributed by atoms with Crippen molar-refractivity contribution < 1.29 is 23.4 Å². The Labute approximate surface area is 253 Å². The summed E-state index contributed by atoms with van der Waals surface area (Å²) in [6.07, 6.45) is 1.49. The number of carbonyl (C=O) groups is 1. The number of hydrogen-bond acceptors (Lipinski definition) is 8. The number of ketones is 1. The monoisotopic (exact) mass is 596 g/mol. The minimum Gasteiger partial charge on any atom is -0.454 e. The van der Waals surface area contributed by atoms with Crippen LogP contribution in [0, 0.1) is 12.7 Å². The number of nitrogens with one attached hydrogen (secondary N) is 1. The Morgan fingerprint density at radius 3 is 2.27 bits per heavy atom. The first-order valence-corrected chi connectivity index (χ1v) is 14.7. The fourth-order valence-corrected chi connectivity index (χ4v) is 5.80. The molecule has 2 aliphatic rings. The third-order valence-electron chi connectivity index (χ3n) is 8.17. The fourth-order valence-electron chi connectivity index (χ4n) is 5.80. The molecule has 3 aromatic carbocycles. The van der Waals surface area contributed by atoms with Gasteiger partial charge < -0.3 is 34.7 Å². The Morgan fingerprint density at radius 2 is 1.59 bits per heavy atom. The van der Waals surface area contributed by atoms with Crippen molar-refractivity contribution in [2.75, 3.05) is 68.1 Å². The number of ether oxygens (including phenoxy) is 3. The van der Waals surface area contributed by atoms with E-state index in [-0.39, 0.29) is 17.4 Å². The fraction of sp³-hybridized carbons (Fsp3) is 0.273. The number of nitrogens with two attached hydrogens (primary N) is 1. The van der Waals surface area contributed by atoms with Gasteiger partial charge in [-0.25, -0.2) is 9.07 Å². The Kier molecular flexibility index (Phi) is 7.41. The first kappa shape index (κ1) is 27.9. The molecule has 10 nitrogen and oxygen atoms in total. The zero-order chi connectivity index (χ0) is 30.2. The van der Waals surface area contributed by atoms with Crippen LogP contribution in [0.4, 0.5) is 21.6 Å². The number of nitrogen functional groups attached to an aromatic ring is 1. The van der Waals surface area contributed by atoms with Crippen LogP contribution in [0.25, 0.3) is 16.6 Å². The smallest absolute Gasteiger partial charge is 0.214 e. The summed E-state index contributed by atoms with van der Waals surface area (Å²) in [6, 6.07) is 17.7. The molecule has 5 aromatic rings. The van der Waals surface area contributed by atoms with Crippen LogP contribution >= 0.6 is 0 Å². The molecule has 0 atom stereocenters. The molecule has 4 heterocycles. The molecule has 0 unspecified atom stereocenters. The number of aryl methyl sites for hydroxylation is 1. The molecular formula is C33H33FN6O4. The molecule has 44 heavy (non-hydrogen) atoms. The number of halogens is 1. The number of carbonyl (C=O) groups excluding carboxylic acids is 1. The topological polar surface area (TPSA) is 111 Å². The Morgan fingerprint density at radius 1 is 0.909 bits per heavy atom. The molecule has 0 spiro atoms. The maximum absolute atomic E-state index is 14.1. The van der Waals surface area contributed by atoms with Gasteiger partial charge in [0.05, 0.1) is 60.9 Å². The number of anilines is 3. The van der Waals surface area contributed by atoms with Crippen molar-refractivity contribution in [3.05, 3.63) is 89.5 Å². The van der Waals surface area contributed by atoms with Gasteiger partial charge in [0.15, 0.2) is 11.6 Å². The van der Waals surface area contributed by atoms with Crippen molar-refractivity contribution in [3.63, 3.8) is 0 Å². The van der Waals surface area contributed by atoms with Crippen LogP contribution in [-0.2, 0) is 9.47 Å². The lowest BCUT2D eigenvalue weighted by atomic mass is 10.1. The van der Waals surface area contributed by atoms with Gasteiger partial charge in [-0.15, -0.1) is 0 Å². The third-order valence-corrected chi connectivity index (χ3v) is 8.17. The van der Waals surface area contributed by atoms with Crippen LogP contribution < -0.4 is 20.3 Å². The van der Waals surface area contributed by atoms with Crippen LogP contribution in [0.15, 0.2) is 66.9 Å². The Balaban J connectivity index is 1.18. The average molecular weight is 597 g/mol. The quantitative estimate of drug-likeness (QED) is 0.250. The van der Waals surface area contributed by atoms with Gasteiger partial charge in [-0.2, -0.15) is 5.10 Å². The van der Waals surface area contributed by atoms with Gasteiger partial charge >= 0.3 is 0 Å². The van der Waals surface area contributed by atoms with E-state index in [2.05, 4.69) is 32.0 Å². The van der Waals surface area contributed by atoms with Crippen LogP contribution in [0.3, 0.4) is 0 Å². The number of H-pyrrole nitrogens is 1. The molecule has 0 amide bonds. The molecule has 2 saturated heterocycles. The standard InChI is InChI=1S/C33H33FN6O4/c1-21-16-23(6-7-30(21)44-31-5-3-2-4-25(31)34)40-33(35)24(20-36-40)32(41)27-17-22-18-28(38-8-12-42-13-9-38)29(19-26(22)37-27)39-10-14-43-15-11-39/h2-7,16-20,37H,8-15,35H2,1H3. The van der Waals surface area contributed by atoms with E-state index in [9.17, 15) is 9.18 Å². The van der Waals surface area contributed by atoms with Gasteiger partial charge in [-0.1, -0.05) is 12.1 Å². The molecule has 226 valence electrons. The summed E-state index contributed by atoms with van der Waals surface area (Å²) < 4.78 is 32.6. The number of aromatic amines is 1. The molecule has 2 fully saturated rings. The van der Waals surface area contributed by atoms with Gasteiger partial charge in [0.1, 0.15) is 11.6 Å². The predicted octanol–water partition coefficient (Wildman–Crippen LogP) is 5.08. The largest absolute Gasteiger partial charge is 0.454 e. The number of fused-ring (bicyclic) bond motifs is 1. The summed E-state index contributed by atoms with van der Waals surface area (Å²) in [7, 11) is 0. The van der Waals surface area contributed by atoms with Gasteiger partial charge in [0.2, 0.25) is 5.78 Å². The number of hydrogen-bond donors (Lipinski definition) is 2. The normalized spacial score (nSPS) is 15.6. The minimum absolute atomic E-state index is 0.141. The molecule has 3 N–H and O–H groups in total. The van der Waals surface area contributed by atoms with Crippen molar-refractivity contribution in [3.8, 4) is 17.2 Å². The average Bonchev–Trinajstić information content (AvgIpc) is 3.66. The van der Waals surface area contributed by atoms with Gasteiger partial charge in [-0.3, -0.25) is 4.79 Å². The Hall–Kier alpha value is -4.87. The minimum atomic E-state index is -0.443. The summed E-state index contributed by atoms with van der Waals surface area (Å²) in [6.45, 7) is 7.81. The summed E-state index contributed by atoms with van der Waals surface area (Å²) in [5.41, 5.74) is 11.8. The highest BCUT2D eigenvalue weighted by atomic mass is 19.1. The number of nitrogens with zero attached hydrogens (tertiary/aromatic N) is 4. The van der Waals surface area contributed by atoms with Crippen LogP contribution in [0.2, 0.25) is 0 Å². The van der Waals surface area contributed by atoms with Crippen LogP contribution in [0.5, 0.6) is 11.5 Å². The highest BCUT2D eigenvalue weighted by molar-refractivity contribution is 6.13. The Bertz CT molecular complexity index is 1780. The van der Waals surface area contributed by atoms with E-state index in [0.29, 0.717) is 49.1 Å². The molecule has 0 radical (unpaired) electrons. The van der Waals surface area contributed by atoms with E-state index >= 15 is 0 Å². The number of rotatable bonds is 7. The molecule has 0 aliphatic carbocycles. The van der Waals surface area contributed by atoms with E-state index in [1.807, 2.05) is 19.1 Å². The highest BCUT2D eigenvalue weighted by Gasteiger charge is 2.24. The molecule has 2 aromatic heterocycles. The molecular weight excluding hydrogens is 563 g/mol. The maximum atomic E-state index is 14.1. The van der Waals surface area contributed by atoms with Gasteiger partial charge in [0.25, 0.3) is 0 Å². The third kappa shape index (κ3) is 5.24. The summed E-state index contributed by atoms with van der Waals surface area (Å²) in [5, 5.41) is 5.37. The van der Waals surface area contributed by atoms with E-state index in [4.69, 9.17) is 19.9 Å². The first-order chi connectivity index (χ1) is 21.5. The summed E-state index contributed by atoms with van der Waals surface area (Å²) in [5.74, 6) is 0.178. The first-order valence-electron chi connectivity index (χ1n) is 14.7. The van der Waals surface area contributed by atoms with Crippen molar-refractivity contribution in [1.82, 2.24) is 14.8 Å². The highest BCUT2D eigenvalue weighted by Crippen LogP contribution is 2.36. The lowest BCUT2D eigenvalue weighted by Gasteiger charge is -2.36. The predicted molar refractivity (Wildman–Crippen MR) is 167 cm³/mol. The number of para-hydroxylation sites is 1. The van der Waals surface area contributed by atoms with E-state index in [1.54, 1.807) is 30.3 Å². The SMILES string of the molecule is Cc1cc(-n2ncc(C(=O)c3cc4cc(N5CCOCC5)c(N5CCOCC5)cc4[nH]3)c2N)ccc1Oc1ccccc1F. The summed E-state index contributed by atoms with van der Waals surface area (Å²) in [4.78, 5) is 21.8. The van der Waals surface area contributed by atoms with E-state index in [0.717, 1.165) is 54.0 Å². The lowest BCUT2D eigenvalue weighted by molar-refractivity contribution is 0.103. The molecule has 0 saturated carbocycles. The van der Waals surface area contributed by atoms with Gasteiger partial charge in [-0.05, 0) is 61.0 Å². The van der Waals surface area contributed by atoms with E-state index < -0.39 is 5.82 Å². The molecule has 7 rings (SSSR count). The second kappa shape index (κ2) is 11.7. The van der Waals surface area contributed by atoms with Crippen LogP contribution in [-0.4, -0.2) is 73.2 Å². The number of aromatic nitrogens is 3. The lowest BCUT2D eigenvalue weighted by Crippen LogP contribution is -2.40. The second-order valence-electron chi connectivity index (χ2n) is 11.0. The summed E-state index contributed by atoms with van der Waals surface area (Å²) >= 11 is 0. The maximum Gasteiger partial charge on any atom is 0.214 e. The number of morpholine rings is 2. The number of benzene rings is 3. The second-order valence-corrected chi connectivity index (χ2v) is 11.0. The van der Waals surface area contributed by atoms with Crippen molar-refractivity contribution in [2.45, 2.75) is 6.92 Å². The van der Waals surface area contributed by atoms with Crippen molar-refractivity contribution in [2.24, 2.45) is 0 Å². The van der Waals surface area contributed by atoms with Gasteiger partial charge in [0, 0.05) is 37.1 Å². The zero-order valence-electron chi connectivity index (χ0n) is 24.4. The van der Waals surface area contributed by atoms with Crippen LogP contribution in [0.1, 0.15) is 21.6 Å². The van der Waals surface area contributed by atoms with Crippen molar-refractivity contribution >= 4 is 33.9 Å². The van der Waals surface area contributed by atoms with Crippen molar-refractivity contribution in [1.29, 1.82) is 0 Å². The van der Waals surface area contributed by atoms with E-state index in [1.165, 1.54) is 16.9 Å².